The van der Waals surface area contributed by atoms with E-state index in [1.165, 1.54) is 37.4 Å². The molecule has 2 fully saturated rings. The molecule has 3 aliphatic rings. The highest BCUT2D eigenvalue weighted by molar-refractivity contribution is 7.99. The normalized spacial score (nSPS) is 30.5. The summed E-state index contributed by atoms with van der Waals surface area (Å²) >= 11 is 1.41. The van der Waals surface area contributed by atoms with E-state index in [4.69, 9.17) is 4.98 Å². The van der Waals surface area contributed by atoms with E-state index in [9.17, 15) is 4.79 Å². The van der Waals surface area contributed by atoms with Gasteiger partial charge in [0, 0.05) is 17.4 Å². The highest BCUT2D eigenvalue weighted by Crippen LogP contribution is 2.66. The maximum Gasteiger partial charge on any atom is 0.230 e. The van der Waals surface area contributed by atoms with Gasteiger partial charge in [0.15, 0.2) is 0 Å². The molecule has 2 saturated carbocycles. The van der Waals surface area contributed by atoms with Gasteiger partial charge >= 0.3 is 0 Å². The lowest BCUT2D eigenvalue weighted by molar-refractivity contribution is -0.119. The van der Waals surface area contributed by atoms with Gasteiger partial charge in [0.25, 0.3) is 0 Å². The molecule has 1 N–H and O–H groups in total. The van der Waals surface area contributed by atoms with E-state index in [0.29, 0.717) is 22.9 Å². The van der Waals surface area contributed by atoms with Gasteiger partial charge in [0.2, 0.25) is 11.1 Å². The Hall–Kier alpha value is -1.17. The fourth-order valence-corrected chi connectivity index (χ4v) is 5.49. The zero-order valence-corrected chi connectivity index (χ0v) is 15.6. The lowest BCUT2D eigenvalue weighted by Gasteiger charge is -2.33. The van der Waals surface area contributed by atoms with Gasteiger partial charge in [-0.3, -0.25) is 4.79 Å². The van der Waals surface area contributed by atoms with E-state index < -0.39 is 0 Å². The number of carbonyl (C=O) groups is 1. The first kappa shape index (κ1) is 16.3. The second kappa shape index (κ2) is 5.68. The Labute approximate surface area is 147 Å². The average molecular weight is 347 g/mol. The van der Waals surface area contributed by atoms with Crippen molar-refractivity contribution in [3.05, 3.63) is 11.4 Å². The van der Waals surface area contributed by atoms with Crippen LogP contribution in [0.5, 0.6) is 0 Å². The van der Waals surface area contributed by atoms with Gasteiger partial charge in [0.05, 0.1) is 17.1 Å². The summed E-state index contributed by atoms with van der Waals surface area (Å²) in [7, 11) is 0. The first-order chi connectivity index (χ1) is 11.4. The van der Waals surface area contributed by atoms with Crippen molar-refractivity contribution in [1.29, 1.82) is 0 Å². The smallest absolute Gasteiger partial charge is 0.230 e. The molecule has 0 radical (unpaired) electrons. The van der Waals surface area contributed by atoms with E-state index in [1.807, 2.05) is 0 Å². The van der Waals surface area contributed by atoms with Crippen molar-refractivity contribution in [2.24, 2.45) is 5.41 Å². The van der Waals surface area contributed by atoms with Crippen LogP contribution < -0.4 is 5.32 Å². The molecule has 1 heterocycles. The van der Waals surface area contributed by atoms with Crippen LogP contribution in [0.1, 0.15) is 76.6 Å². The lowest BCUT2D eigenvalue weighted by Crippen LogP contribution is -2.34. The van der Waals surface area contributed by atoms with E-state index in [-0.39, 0.29) is 16.7 Å². The van der Waals surface area contributed by atoms with Crippen LogP contribution in [0.15, 0.2) is 5.16 Å². The van der Waals surface area contributed by atoms with Crippen molar-refractivity contribution >= 4 is 17.7 Å². The topological polar surface area (TPSA) is 67.8 Å². The van der Waals surface area contributed by atoms with E-state index in [2.05, 4.69) is 36.3 Å². The number of aromatic nitrogens is 3. The predicted molar refractivity (Wildman–Crippen MR) is 94.1 cm³/mol. The number of hydrogen-bond acceptors (Lipinski definition) is 5. The van der Waals surface area contributed by atoms with E-state index in [1.54, 1.807) is 0 Å². The Balaban J connectivity index is 1.45. The number of nitrogens with zero attached hydrogens (tertiary/aromatic N) is 3. The molecular formula is C18H26N4OS. The molecule has 0 aromatic carbocycles. The zero-order valence-electron chi connectivity index (χ0n) is 14.8. The van der Waals surface area contributed by atoms with Crippen LogP contribution in [0.2, 0.25) is 0 Å². The summed E-state index contributed by atoms with van der Waals surface area (Å²) in [5.74, 6) is 0.937. The van der Waals surface area contributed by atoms with Gasteiger partial charge in [-0.05, 0) is 31.1 Å². The molecule has 0 aliphatic heterocycles. The Morgan fingerprint density at radius 3 is 2.71 bits per heavy atom. The quantitative estimate of drug-likeness (QED) is 0.848. The molecule has 0 spiro atoms. The van der Waals surface area contributed by atoms with E-state index >= 15 is 0 Å². The molecule has 3 aliphatic carbocycles. The molecule has 24 heavy (non-hydrogen) atoms. The second-order valence-corrected chi connectivity index (χ2v) is 9.25. The lowest BCUT2D eigenvalue weighted by atomic mass is 9.70. The standard InChI is InChI=1S/C18H26N4OS/c1-17(2)12-8-9-18(17,3)15-14(12)21-22-16(20-15)24-10-13(23)19-11-6-4-5-7-11/h11-12H,4-10H2,1-3H3,(H,19,23). The van der Waals surface area contributed by atoms with Gasteiger partial charge in [-0.2, -0.15) is 5.10 Å². The average Bonchev–Trinajstić information content (AvgIpc) is 3.17. The van der Waals surface area contributed by atoms with Gasteiger partial charge in [-0.15, -0.1) is 5.10 Å². The van der Waals surface area contributed by atoms with Crippen LogP contribution in [-0.2, 0) is 10.2 Å². The third-order valence-corrected chi connectivity index (χ3v) is 7.66. The second-order valence-electron chi connectivity index (χ2n) is 8.31. The minimum Gasteiger partial charge on any atom is -0.353 e. The molecule has 2 atom stereocenters. The van der Waals surface area contributed by atoms with Crippen LogP contribution in [0.3, 0.4) is 0 Å². The molecule has 2 bridgehead atoms. The van der Waals surface area contributed by atoms with Crippen LogP contribution >= 0.6 is 11.8 Å². The minimum absolute atomic E-state index is 0.0871. The summed E-state index contributed by atoms with van der Waals surface area (Å²) in [5, 5.41) is 12.5. The summed E-state index contributed by atoms with van der Waals surface area (Å²) in [6, 6.07) is 0.368. The van der Waals surface area contributed by atoms with Gasteiger partial charge in [0.1, 0.15) is 0 Å². The molecule has 6 heteroatoms. The Morgan fingerprint density at radius 1 is 1.21 bits per heavy atom. The largest absolute Gasteiger partial charge is 0.353 e. The highest BCUT2D eigenvalue weighted by atomic mass is 32.2. The number of fused-ring (bicyclic) bond motifs is 5. The summed E-state index contributed by atoms with van der Waals surface area (Å²) < 4.78 is 0. The Morgan fingerprint density at radius 2 is 1.96 bits per heavy atom. The van der Waals surface area contributed by atoms with Gasteiger partial charge in [-0.25, -0.2) is 4.98 Å². The molecule has 5 nitrogen and oxygen atoms in total. The van der Waals surface area contributed by atoms with Crippen LogP contribution in [0.4, 0.5) is 0 Å². The summed E-state index contributed by atoms with van der Waals surface area (Å²) in [6.45, 7) is 6.97. The number of thioether (sulfide) groups is 1. The fraction of sp³-hybridized carbons (Fsp3) is 0.778. The molecule has 0 saturated heterocycles. The first-order valence-electron chi connectivity index (χ1n) is 9.09. The monoisotopic (exact) mass is 346 g/mol. The molecule has 4 rings (SSSR count). The van der Waals surface area contributed by atoms with Gasteiger partial charge < -0.3 is 5.32 Å². The van der Waals surface area contributed by atoms with Crippen molar-refractivity contribution in [2.75, 3.05) is 5.75 Å². The van der Waals surface area contributed by atoms with Crippen LogP contribution in [-0.4, -0.2) is 32.9 Å². The number of hydrogen-bond donors (Lipinski definition) is 1. The fourth-order valence-electron chi connectivity index (χ4n) is 4.89. The molecular weight excluding hydrogens is 320 g/mol. The maximum atomic E-state index is 12.1. The van der Waals surface area contributed by atoms with Crippen molar-refractivity contribution in [3.63, 3.8) is 0 Å². The zero-order chi connectivity index (χ0) is 16.9. The van der Waals surface area contributed by atoms with Crippen molar-refractivity contribution in [1.82, 2.24) is 20.5 Å². The molecule has 2 unspecified atom stereocenters. The third kappa shape index (κ3) is 2.37. The highest BCUT2D eigenvalue weighted by Gasteiger charge is 2.61. The van der Waals surface area contributed by atoms with Crippen molar-refractivity contribution < 1.29 is 4.79 Å². The molecule has 1 amide bonds. The minimum atomic E-state index is 0.0871. The predicted octanol–water partition coefficient (Wildman–Crippen LogP) is 3.20. The number of carbonyl (C=O) groups excluding carboxylic acids is 1. The van der Waals surface area contributed by atoms with Crippen LogP contribution in [0, 0.1) is 5.41 Å². The van der Waals surface area contributed by atoms with Crippen LogP contribution in [0.25, 0.3) is 0 Å². The number of rotatable bonds is 4. The first-order valence-corrected chi connectivity index (χ1v) is 10.1. The molecule has 130 valence electrons. The third-order valence-electron chi connectivity index (χ3n) is 6.83. The number of amides is 1. The molecule has 1 aromatic rings. The summed E-state index contributed by atoms with van der Waals surface area (Å²) in [4.78, 5) is 16.9. The van der Waals surface area contributed by atoms with Gasteiger partial charge in [-0.1, -0.05) is 45.4 Å². The Kier molecular flexibility index (Phi) is 3.86. The van der Waals surface area contributed by atoms with E-state index in [0.717, 1.165) is 24.2 Å². The van der Waals surface area contributed by atoms with Crippen molar-refractivity contribution in [3.8, 4) is 0 Å². The SMILES string of the molecule is CC12CCC(c3nnc(SCC(=O)NC4CCCC4)nc31)C2(C)C. The Bertz CT molecular complexity index is 671. The number of nitrogens with one attached hydrogen (secondary N) is 1. The maximum absolute atomic E-state index is 12.1. The summed E-state index contributed by atoms with van der Waals surface area (Å²) in [6.07, 6.45) is 7.03. The van der Waals surface area contributed by atoms with Crippen molar-refractivity contribution in [2.45, 2.75) is 81.8 Å². The molecule has 1 aromatic heterocycles. The summed E-state index contributed by atoms with van der Waals surface area (Å²) in [5.41, 5.74) is 2.50.